The second-order valence-corrected chi connectivity index (χ2v) is 6.43. The zero-order chi connectivity index (χ0) is 14.2. The highest BCUT2D eigenvalue weighted by Crippen LogP contribution is 2.29. The maximum atomic E-state index is 12.3. The van der Waals surface area contributed by atoms with Crippen molar-refractivity contribution in [2.45, 2.75) is 24.8 Å². The first-order valence-corrected chi connectivity index (χ1v) is 8.10. The van der Waals surface area contributed by atoms with Gasteiger partial charge in [0.15, 0.2) is 0 Å². The van der Waals surface area contributed by atoms with Crippen LogP contribution in [0, 0.1) is 0 Å². The molecule has 0 spiro atoms. The molecule has 1 amide bonds. The number of nitrogens with one attached hydrogen (secondary N) is 2. The van der Waals surface area contributed by atoms with Gasteiger partial charge < -0.3 is 10.6 Å². The molecule has 2 aromatic rings. The third-order valence-electron chi connectivity index (χ3n) is 4.15. The molecule has 1 fully saturated rings. The van der Waals surface area contributed by atoms with Gasteiger partial charge in [-0.3, -0.25) is 9.78 Å². The van der Waals surface area contributed by atoms with E-state index >= 15 is 0 Å². The number of aryl methyl sites for hydroxylation is 1. The average molecular weight is 300 g/mol. The minimum absolute atomic E-state index is 0.0178. The van der Waals surface area contributed by atoms with Gasteiger partial charge in [-0.1, -0.05) is 6.07 Å². The summed E-state index contributed by atoms with van der Waals surface area (Å²) in [5.74, 6) is 0.388. The van der Waals surface area contributed by atoms with Crippen LogP contribution in [0.5, 0.6) is 0 Å². The summed E-state index contributed by atoms with van der Waals surface area (Å²) in [6, 6.07) is 4.05. The molecule has 1 saturated heterocycles. The molecule has 1 unspecified atom stereocenters. The van der Waals surface area contributed by atoms with E-state index in [9.17, 15) is 4.79 Å². The molecule has 108 valence electrons. The Bertz CT molecular complexity index is 680. The topological polar surface area (TPSA) is 66.9 Å². The van der Waals surface area contributed by atoms with Crippen molar-refractivity contribution in [2.75, 3.05) is 13.1 Å². The van der Waals surface area contributed by atoms with Gasteiger partial charge in [0.05, 0.1) is 16.7 Å². The van der Waals surface area contributed by atoms with Crippen LogP contribution in [0.15, 0.2) is 23.7 Å². The van der Waals surface area contributed by atoms with Crippen molar-refractivity contribution in [1.82, 2.24) is 20.6 Å². The maximum absolute atomic E-state index is 12.3. The van der Waals surface area contributed by atoms with Crippen LogP contribution >= 0.6 is 11.3 Å². The molecule has 6 heteroatoms. The van der Waals surface area contributed by atoms with Gasteiger partial charge in [0.2, 0.25) is 0 Å². The Hall–Kier alpha value is -1.79. The van der Waals surface area contributed by atoms with Crippen molar-refractivity contribution in [3.05, 3.63) is 45.7 Å². The average Bonchev–Trinajstić information content (AvgIpc) is 3.05. The molecule has 0 radical (unpaired) electrons. The highest BCUT2D eigenvalue weighted by atomic mass is 32.1. The molecular formula is C15H16N4OS. The van der Waals surface area contributed by atoms with Crippen LogP contribution in [0.3, 0.4) is 0 Å². The van der Waals surface area contributed by atoms with Crippen molar-refractivity contribution in [3.8, 4) is 0 Å². The van der Waals surface area contributed by atoms with Gasteiger partial charge in [-0.15, -0.1) is 11.3 Å². The number of rotatable bonds is 3. The Balaban J connectivity index is 1.47. The summed E-state index contributed by atoms with van der Waals surface area (Å²) in [4.78, 5) is 21.2. The van der Waals surface area contributed by atoms with Crippen LogP contribution < -0.4 is 10.6 Å². The lowest BCUT2D eigenvalue weighted by Crippen LogP contribution is -2.39. The van der Waals surface area contributed by atoms with E-state index in [1.54, 1.807) is 17.5 Å². The molecule has 2 aromatic heterocycles. The van der Waals surface area contributed by atoms with E-state index in [2.05, 4.69) is 26.7 Å². The summed E-state index contributed by atoms with van der Waals surface area (Å²) >= 11 is 1.58. The zero-order valence-electron chi connectivity index (χ0n) is 11.5. The van der Waals surface area contributed by atoms with E-state index in [0.29, 0.717) is 11.6 Å². The van der Waals surface area contributed by atoms with E-state index in [-0.39, 0.29) is 11.9 Å². The first-order valence-electron chi connectivity index (χ1n) is 7.22. The molecule has 2 aliphatic rings. The fraction of sp³-hybridized carbons (Fsp3) is 0.400. The molecule has 3 heterocycles. The van der Waals surface area contributed by atoms with E-state index in [1.807, 2.05) is 11.4 Å². The third kappa shape index (κ3) is 2.34. The number of aromatic nitrogens is 2. The number of fused-ring (bicyclic) bond motifs is 1. The SMILES string of the molecule is O=C(NC1CCc2cccnc21)c1csc(C2CNC2)n1. The molecular weight excluding hydrogens is 284 g/mol. The minimum Gasteiger partial charge on any atom is -0.342 e. The number of hydrogen-bond donors (Lipinski definition) is 2. The lowest BCUT2D eigenvalue weighted by Gasteiger charge is -2.24. The molecule has 1 atom stereocenters. The van der Waals surface area contributed by atoms with E-state index < -0.39 is 0 Å². The van der Waals surface area contributed by atoms with Gasteiger partial charge in [0, 0.05) is 30.6 Å². The highest BCUT2D eigenvalue weighted by Gasteiger charge is 2.27. The summed E-state index contributed by atoms with van der Waals surface area (Å²) in [6.45, 7) is 1.93. The Morgan fingerprint density at radius 2 is 2.33 bits per heavy atom. The number of carbonyl (C=O) groups is 1. The molecule has 0 saturated carbocycles. The maximum Gasteiger partial charge on any atom is 0.271 e. The summed E-state index contributed by atoms with van der Waals surface area (Å²) in [7, 11) is 0. The van der Waals surface area contributed by atoms with E-state index in [4.69, 9.17) is 0 Å². The zero-order valence-corrected chi connectivity index (χ0v) is 12.3. The largest absolute Gasteiger partial charge is 0.342 e. The predicted molar refractivity (Wildman–Crippen MR) is 80.5 cm³/mol. The fourth-order valence-corrected chi connectivity index (χ4v) is 3.73. The van der Waals surface area contributed by atoms with Gasteiger partial charge in [0.25, 0.3) is 5.91 Å². The summed E-state index contributed by atoms with van der Waals surface area (Å²) in [6.07, 6.45) is 3.68. The second kappa shape index (κ2) is 5.20. The van der Waals surface area contributed by atoms with E-state index in [1.165, 1.54) is 5.56 Å². The van der Waals surface area contributed by atoms with Gasteiger partial charge >= 0.3 is 0 Å². The lowest BCUT2D eigenvalue weighted by atomic mass is 10.1. The smallest absolute Gasteiger partial charge is 0.271 e. The number of pyridine rings is 1. The monoisotopic (exact) mass is 300 g/mol. The molecule has 0 aromatic carbocycles. The van der Waals surface area contributed by atoms with Crippen LogP contribution in [0.4, 0.5) is 0 Å². The fourth-order valence-electron chi connectivity index (χ4n) is 2.83. The second-order valence-electron chi connectivity index (χ2n) is 5.54. The molecule has 2 N–H and O–H groups in total. The van der Waals surface area contributed by atoms with Crippen LogP contribution in [0.25, 0.3) is 0 Å². The van der Waals surface area contributed by atoms with Crippen molar-refractivity contribution in [1.29, 1.82) is 0 Å². The van der Waals surface area contributed by atoms with Gasteiger partial charge in [-0.2, -0.15) is 0 Å². The van der Waals surface area contributed by atoms with Crippen LogP contribution in [0.1, 0.15) is 45.1 Å². The number of carbonyl (C=O) groups excluding carboxylic acids is 1. The molecule has 0 bridgehead atoms. The van der Waals surface area contributed by atoms with Gasteiger partial charge in [0.1, 0.15) is 5.69 Å². The Labute approximate surface area is 126 Å². The first kappa shape index (κ1) is 12.9. The van der Waals surface area contributed by atoms with E-state index in [0.717, 1.165) is 36.6 Å². The van der Waals surface area contributed by atoms with Gasteiger partial charge in [-0.05, 0) is 24.5 Å². The number of hydrogen-bond acceptors (Lipinski definition) is 5. The Kier molecular flexibility index (Phi) is 3.20. The van der Waals surface area contributed by atoms with Crippen LogP contribution in [0.2, 0.25) is 0 Å². The number of nitrogens with zero attached hydrogens (tertiary/aromatic N) is 2. The standard InChI is InChI=1S/C15H16N4OS/c20-14(12-8-21-15(19-12)10-6-16-7-10)18-11-4-3-9-2-1-5-17-13(9)11/h1-2,5,8,10-11,16H,3-4,6-7H2,(H,18,20). The summed E-state index contributed by atoms with van der Waals surface area (Å²) < 4.78 is 0. The van der Waals surface area contributed by atoms with Gasteiger partial charge in [-0.25, -0.2) is 4.98 Å². The molecule has 4 rings (SSSR count). The third-order valence-corrected chi connectivity index (χ3v) is 5.16. The Morgan fingerprint density at radius 3 is 3.14 bits per heavy atom. The van der Waals surface area contributed by atoms with Crippen molar-refractivity contribution in [2.24, 2.45) is 0 Å². The van der Waals surface area contributed by atoms with Crippen LogP contribution in [-0.4, -0.2) is 29.0 Å². The first-order chi connectivity index (χ1) is 10.3. The normalized spacial score (nSPS) is 20.9. The van der Waals surface area contributed by atoms with Crippen molar-refractivity contribution < 1.29 is 4.79 Å². The summed E-state index contributed by atoms with van der Waals surface area (Å²) in [5.41, 5.74) is 2.78. The van der Waals surface area contributed by atoms with Crippen molar-refractivity contribution in [3.63, 3.8) is 0 Å². The minimum atomic E-state index is -0.0896. The number of thiazole rings is 1. The summed E-state index contributed by atoms with van der Waals surface area (Å²) in [5, 5.41) is 9.21. The van der Waals surface area contributed by atoms with Crippen LogP contribution in [-0.2, 0) is 6.42 Å². The molecule has 21 heavy (non-hydrogen) atoms. The highest BCUT2D eigenvalue weighted by molar-refractivity contribution is 7.10. The lowest BCUT2D eigenvalue weighted by molar-refractivity contribution is 0.0931. The quantitative estimate of drug-likeness (QED) is 0.904. The molecule has 5 nitrogen and oxygen atoms in total. The predicted octanol–water partition coefficient (Wildman–Crippen LogP) is 1.64. The molecule has 1 aliphatic carbocycles. The number of amides is 1. The Morgan fingerprint density at radius 1 is 1.43 bits per heavy atom. The van der Waals surface area contributed by atoms with Crippen molar-refractivity contribution >= 4 is 17.2 Å². The molecule has 1 aliphatic heterocycles.